The van der Waals surface area contributed by atoms with Crippen LogP contribution in [0.5, 0.6) is 11.5 Å². The Morgan fingerprint density at radius 1 is 1.07 bits per heavy atom. The van der Waals surface area contributed by atoms with Crippen LogP contribution in [0.4, 0.5) is 20.7 Å². The minimum absolute atomic E-state index is 0.0407. The summed E-state index contributed by atoms with van der Waals surface area (Å²) in [7, 11) is 0. The fourth-order valence-corrected chi connectivity index (χ4v) is 4.29. The SMILES string of the molecule is Cc1nc(-c2cc(Oc3ccc(NC(=O)Nc4cc(C(C)(C)C)nn4-c4cccc(C#N)c4)c(F)c3)ccn2)ns1. The van der Waals surface area contributed by atoms with Gasteiger partial charge in [0.25, 0.3) is 0 Å². The summed E-state index contributed by atoms with van der Waals surface area (Å²) in [5, 5.41) is 20.0. The van der Waals surface area contributed by atoms with Crippen molar-refractivity contribution in [2.45, 2.75) is 33.1 Å². The van der Waals surface area contributed by atoms with Crippen LogP contribution in [0.2, 0.25) is 0 Å². The van der Waals surface area contributed by atoms with E-state index in [1.807, 2.05) is 27.7 Å². The minimum Gasteiger partial charge on any atom is -0.457 e. The molecule has 2 aromatic carbocycles. The number of benzene rings is 2. The Balaban J connectivity index is 1.32. The van der Waals surface area contributed by atoms with Gasteiger partial charge in [-0.3, -0.25) is 10.3 Å². The monoisotopic (exact) mass is 568 g/mol. The number of hydrogen-bond donors (Lipinski definition) is 2. The number of amides is 2. The van der Waals surface area contributed by atoms with Crippen LogP contribution in [-0.2, 0) is 5.41 Å². The maximum Gasteiger partial charge on any atom is 0.324 e. The molecular weight excluding hydrogens is 543 g/mol. The molecule has 0 bridgehead atoms. The molecule has 0 spiro atoms. The van der Waals surface area contributed by atoms with Gasteiger partial charge in [-0.2, -0.15) is 14.7 Å². The molecule has 5 aromatic rings. The molecule has 41 heavy (non-hydrogen) atoms. The molecule has 0 unspecified atom stereocenters. The fourth-order valence-electron chi connectivity index (χ4n) is 3.81. The summed E-state index contributed by atoms with van der Waals surface area (Å²) in [6.45, 7) is 7.85. The smallest absolute Gasteiger partial charge is 0.324 e. The van der Waals surface area contributed by atoms with Crippen molar-refractivity contribution in [2.75, 3.05) is 10.6 Å². The molecule has 0 radical (unpaired) electrons. The lowest BCUT2D eigenvalue weighted by Gasteiger charge is -2.14. The highest BCUT2D eigenvalue weighted by molar-refractivity contribution is 7.05. The number of aryl methyl sites for hydroxylation is 1. The second-order valence-corrected chi connectivity index (χ2v) is 11.0. The standard InChI is InChI=1S/C29H25FN8O2S/c1-17-33-27(37-41-17)24-14-21(10-11-32-24)40-20-8-9-23(22(30)13-20)34-28(39)35-26-15-25(29(2,3)4)36-38(26)19-7-5-6-18(12-19)16-31/h5-15H,1-4H3,(H2,34,35,39). The first-order chi connectivity index (χ1) is 19.6. The molecule has 2 N–H and O–H groups in total. The van der Waals surface area contributed by atoms with Crippen LogP contribution >= 0.6 is 11.5 Å². The Morgan fingerprint density at radius 3 is 2.59 bits per heavy atom. The van der Waals surface area contributed by atoms with Crippen molar-refractivity contribution in [3.05, 3.63) is 88.9 Å². The highest BCUT2D eigenvalue weighted by Crippen LogP contribution is 2.29. The van der Waals surface area contributed by atoms with Crippen molar-refractivity contribution in [2.24, 2.45) is 0 Å². The number of halogens is 1. The van der Waals surface area contributed by atoms with Crippen LogP contribution in [0, 0.1) is 24.1 Å². The summed E-state index contributed by atoms with van der Waals surface area (Å²) >= 11 is 1.27. The van der Waals surface area contributed by atoms with Gasteiger partial charge in [0.2, 0.25) is 0 Å². The van der Waals surface area contributed by atoms with Gasteiger partial charge in [-0.1, -0.05) is 26.8 Å². The first kappa shape index (κ1) is 27.4. The number of anilines is 2. The van der Waals surface area contributed by atoms with Crippen LogP contribution in [-0.4, -0.2) is 30.2 Å². The largest absolute Gasteiger partial charge is 0.457 e. The maximum atomic E-state index is 15.0. The lowest BCUT2D eigenvalue weighted by molar-refractivity contribution is 0.262. The minimum atomic E-state index is -0.686. The lowest BCUT2D eigenvalue weighted by atomic mass is 9.92. The molecule has 0 aliphatic heterocycles. The maximum absolute atomic E-state index is 15.0. The molecule has 0 saturated carbocycles. The number of nitrogens with one attached hydrogen (secondary N) is 2. The third kappa shape index (κ3) is 6.37. The Kier molecular flexibility index (Phi) is 7.45. The van der Waals surface area contributed by atoms with Gasteiger partial charge in [0.15, 0.2) is 5.82 Å². The second-order valence-electron chi connectivity index (χ2n) is 10.1. The van der Waals surface area contributed by atoms with E-state index < -0.39 is 11.8 Å². The topological polar surface area (TPSA) is 131 Å². The molecule has 2 amide bonds. The van der Waals surface area contributed by atoms with Crippen LogP contribution in [0.1, 0.15) is 37.0 Å². The van der Waals surface area contributed by atoms with E-state index >= 15 is 0 Å². The van der Waals surface area contributed by atoms with Gasteiger partial charge in [0, 0.05) is 29.8 Å². The van der Waals surface area contributed by atoms with E-state index in [1.54, 1.807) is 59.4 Å². The Labute approximate surface area is 239 Å². The van der Waals surface area contributed by atoms with Crippen LogP contribution in [0.15, 0.2) is 66.9 Å². The van der Waals surface area contributed by atoms with E-state index in [2.05, 4.69) is 36.1 Å². The van der Waals surface area contributed by atoms with Gasteiger partial charge in [-0.25, -0.2) is 18.9 Å². The number of rotatable bonds is 6. The number of ether oxygens (including phenoxy) is 1. The molecule has 0 aliphatic rings. The first-order valence-corrected chi connectivity index (χ1v) is 13.3. The van der Waals surface area contributed by atoms with Crippen molar-refractivity contribution in [3.8, 4) is 34.8 Å². The van der Waals surface area contributed by atoms with Crippen molar-refractivity contribution in [3.63, 3.8) is 0 Å². The van der Waals surface area contributed by atoms with Gasteiger partial charge in [0.1, 0.15) is 33.8 Å². The molecule has 3 aromatic heterocycles. The van der Waals surface area contributed by atoms with E-state index in [9.17, 15) is 14.4 Å². The molecule has 3 heterocycles. The third-order valence-corrected chi connectivity index (χ3v) is 6.47. The number of nitriles is 1. The van der Waals surface area contributed by atoms with Gasteiger partial charge in [-0.05, 0) is 54.9 Å². The summed E-state index contributed by atoms with van der Waals surface area (Å²) in [6, 6.07) is 17.5. The number of aromatic nitrogens is 5. The summed E-state index contributed by atoms with van der Waals surface area (Å²) in [4.78, 5) is 21.5. The van der Waals surface area contributed by atoms with E-state index in [-0.39, 0.29) is 16.9 Å². The molecular formula is C29H25FN8O2S. The summed E-state index contributed by atoms with van der Waals surface area (Å²) < 4.78 is 26.6. The highest BCUT2D eigenvalue weighted by Gasteiger charge is 2.22. The zero-order valence-electron chi connectivity index (χ0n) is 22.6. The van der Waals surface area contributed by atoms with Gasteiger partial charge in [0.05, 0.1) is 28.7 Å². The second kappa shape index (κ2) is 11.1. The zero-order chi connectivity index (χ0) is 29.1. The number of urea groups is 1. The van der Waals surface area contributed by atoms with Crippen LogP contribution < -0.4 is 15.4 Å². The lowest BCUT2D eigenvalue weighted by Crippen LogP contribution is -2.22. The van der Waals surface area contributed by atoms with Crippen LogP contribution in [0.3, 0.4) is 0 Å². The number of carbonyl (C=O) groups is 1. The zero-order valence-corrected chi connectivity index (χ0v) is 23.5. The number of nitrogens with zero attached hydrogens (tertiary/aromatic N) is 6. The number of carbonyl (C=O) groups excluding carboxylic acids is 1. The molecule has 0 fully saturated rings. The quantitative estimate of drug-likeness (QED) is 0.229. The predicted molar refractivity (Wildman–Crippen MR) is 154 cm³/mol. The molecule has 5 rings (SSSR count). The van der Waals surface area contributed by atoms with E-state index in [0.29, 0.717) is 34.3 Å². The number of pyridine rings is 1. The van der Waals surface area contributed by atoms with E-state index in [4.69, 9.17) is 4.74 Å². The van der Waals surface area contributed by atoms with Gasteiger partial charge >= 0.3 is 6.03 Å². The average molecular weight is 569 g/mol. The highest BCUT2D eigenvalue weighted by atomic mass is 32.1. The predicted octanol–water partition coefficient (Wildman–Crippen LogP) is 6.84. The summed E-state index contributed by atoms with van der Waals surface area (Å²) in [5.74, 6) is 0.834. The molecule has 12 heteroatoms. The first-order valence-electron chi connectivity index (χ1n) is 12.5. The fraction of sp³-hybridized carbons (Fsp3) is 0.172. The van der Waals surface area contributed by atoms with Crippen molar-refractivity contribution in [1.29, 1.82) is 5.26 Å². The third-order valence-electron chi connectivity index (χ3n) is 5.85. The molecule has 0 saturated heterocycles. The molecule has 10 nitrogen and oxygen atoms in total. The molecule has 0 atom stereocenters. The summed E-state index contributed by atoms with van der Waals surface area (Å²) in [5.41, 5.74) is 1.97. The molecule has 0 aliphatic carbocycles. The molecule has 206 valence electrons. The normalized spacial score (nSPS) is 11.1. The van der Waals surface area contributed by atoms with E-state index in [1.165, 1.54) is 23.7 Å². The van der Waals surface area contributed by atoms with Crippen LogP contribution in [0.25, 0.3) is 17.2 Å². The van der Waals surface area contributed by atoms with Gasteiger partial charge < -0.3 is 10.1 Å². The average Bonchev–Trinajstić information content (AvgIpc) is 3.57. The Bertz CT molecular complexity index is 1780. The van der Waals surface area contributed by atoms with Crippen molar-refractivity contribution >= 4 is 29.1 Å². The number of hydrogen-bond acceptors (Lipinski definition) is 8. The van der Waals surface area contributed by atoms with E-state index in [0.717, 1.165) is 10.7 Å². The Hall–Kier alpha value is -5.15. The summed E-state index contributed by atoms with van der Waals surface area (Å²) in [6.07, 6.45) is 1.56. The Morgan fingerprint density at radius 2 is 1.88 bits per heavy atom. The van der Waals surface area contributed by atoms with Crippen molar-refractivity contribution in [1.82, 2.24) is 24.1 Å². The van der Waals surface area contributed by atoms with Crippen molar-refractivity contribution < 1.29 is 13.9 Å². The van der Waals surface area contributed by atoms with Gasteiger partial charge in [-0.15, -0.1) is 0 Å².